The lowest BCUT2D eigenvalue weighted by atomic mass is 9.77. The molecule has 152 valence electrons. The summed E-state index contributed by atoms with van der Waals surface area (Å²) >= 11 is 5.31. The summed E-state index contributed by atoms with van der Waals surface area (Å²) < 4.78 is 0. The summed E-state index contributed by atoms with van der Waals surface area (Å²) in [6, 6.07) is 13.2. The Balaban J connectivity index is 2.80. The van der Waals surface area contributed by atoms with Crippen LogP contribution in [0.15, 0.2) is 42.5 Å². The second-order valence-corrected chi connectivity index (χ2v) is 9.56. The number of hydrogen-bond donors (Lipinski definition) is 3. The average molecular weight is 401 g/mol. The Labute approximate surface area is 174 Å². The van der Waals surface area contributed by atoms with Crippen molar-refractivity contribution in [2.75, 3.05) is 7.05 Å². The molecule has 2 rings (SSSR count). The van der Waals surface area contributed by atoms with Gasteiger partial charge in [0.15, 0.2) is 5.11 Å². The number of nitrogens with zero attached hydrogens (tertiary/aromatic N) is 1. The summed E-state index contributed by atoms with van der Waals surface area (Å²) in [5.74, 6) is 0.316. The molecular weight excluding hydrogens is 368 g/mol. The van der Waals surface area contributed by atoms with E-state index in [1.54, 1.807) is 7.05 Å². The van der Waals surface area contributed by atoms with Gasteiger partial charge in [-0.25, -0.2) is 5.06 Å². The third kappa shape index (κ3) is 4.65. The van der Waals surface area contributed by atoms with Crippen molar-refractivity contribution in [1.29, 1.82) is 0 Å². The van der Waals surface area contributed by atoms with Crippen LogP contribution in [0.2, 0.25) is 0 Å². The molecule has 5 heteroatoms. The Kier molecular flexibility index (Phi) is 6.41. The molecule has 0 saturated carbocycles. The van der Waals surface area contributed by atoms with Gasteiger partial charge in [-0.2, -0.15) is 0 Å². The van der Waals surface area contributed by atoms with Crippen LogP contribution in [0.1, 0.15) is 69.8 Å². The first-order chi connectivity index (χ1) is 12.9. The predicted molar refractivity (Wildman–Crippen MR) is 119 cm³/mol. The lowest BCUT2D eigenvalue weighted by Gasteiger charge is -2.33. The van der Waals surface area contributed by atoms with Gasteiger partial charge in [0.1, 0.15) is 11.8 Å². The van der Waals surface area contributed by atoms with Gasteiger partial charge in [-0.15, -0.1) is 0 Å². The Morgan fingerprint density at radius 2 is 1.39 bits per heavy atom. The van der Waals surface area contributed by atoms with Crippen LogP contribution in [0.3, 0.4) is 0 Å². The van der Waals surface area contributed by atoms with Gasteiger partial charge in [0.25, 0.3) is 0 Å². The molecule has 2 aromatic carbocycles. The quantitative estimate of drug-likeness (QED) is 0.484. The molecule has 28 heavy (non-hydrogen) atoms. The number of aromatic hydroxyl groups is 1. The molecule has 0 aliphatic carbocycles. The van der Waals surface area contributed by atoms with Crippen molar-refractivity contribution in [3.05, 3.63) is 64.7 Å². The molecule has 1 unspecified atom stereocenters. The maximum Gasteiger partial charge on any atom is 0.193 e. The zero-order chi connectivity index (χ0) is 21.3. The predicted octanol–water partition coefficient (Wildman–Crippen LogP) is 5.27. The van der Waals surface area contributed by atoms with Crippen molar-refractivity contribution >= 4 is 17.3 Å². The number of rotatable bonds is 3. The first kappa shape index (κ1) is 22.2. The highest BCUT2D eigenvalue weighted by molar-refractivity contribution is 7.80. The van der Waals surface area contributed by atoms with E-state index in [4.69, 9.17) is 12.2 Å². The third-order valence-corrected chi connectivity index (χ3v) is 5.24. The lowest BCUT2D eigenvalue weighted by molar-refractivity contribution is -0.0424. The zero-order valence-corrected chi connectivity index (χ0v) is 18.7. The Morgan fingerprint density at radius 1 is 0.929 bits per heavy atom. The highest BCUT2D eigenvalue weighted by atomic mass is 32.1. The summed E-state index contributed by atoms with van der Waals surface area (Å²) in [6.45, 7) is 12.4. The smallest absolute Gasteiger partial charge is 0.193 e. The molecule has 2 aromatic rings. The third-order valence-electron chi connectivity index (χ3n) is 4.85. The average Bonchev–Trinajstić information content (AvgIpc) is 2.61. The van der Waals surface area contributed by atoms with Gasteiger partial charge in [-0.1, -0.05) is 71.9 Å². The minimum atomic E-state index is -0.496. The van der Waals surface area contributed by atoms with Crippen LogP contribution in [-0.4, -0.2) is 27.5 Å². The molecule has 0 spiro atoms. The minimum absolute atomic E-state index is 0.233. The zero-order valence-electron chi connectivity index (χ0n) is 17.9. The molecule has 3 N–H and O–H groups in total. The second kappa shape index (κ2) is 8.10. The van der Waals surface area contributed by atoms with Gasteiger partial charge in [0.05, 0.1) is 0 Å². The van der Waals surface area contributed by atoms with E-state index in [-0.39, 0.29) is 15.9 Å². The van der Waals surface area contributed by atoms with Crippen LogP contribution in [0.5, 0.6) is 5.75 Å². The van der Waals surface area contributed by atoms with Gasteiger partial charge in [-0.05, 0) is 57.4 Å². The molecule has 0 saturated heterocycles. The molecule has 0 aromatic heterocycles. The fourth-order valence-electron chi connectivity index (χ4n) is 3.30. The fourth-order valence-corrected chi connectivity index (χ4v) is 3.41. The van der Waals surface area contributed by atoms with Crippen molar-refractivity contribution in [1.82, 2.24) is 10.4 Å². The Bertz CT molecular complexity index is 801. The molecule has 0 radical (unpaired) electrons. The SMILES string of the molecule is CNC(=S)N(O)C(c1ccccc1)c1cc(C(C)(C)C)c(O)c(C(C)(C)C)c1. The number of hydroxylamine groups is 2. The maximum absolute atomic E-state index is 11.0. The Morgan fingerprint density at radius 3 is 1.79 bits per heavy atom. The van der Waals surface area contributed by atoms with Gasteiger partial charge < -0.3 is 10.4 Å². The van der Waals surface area contributed by atoms with E-state index in [2.05, 4.69) is 46.9 Å². The number of thiocarbonyl (C=S) groups is 1. The summed E-state index contributed by atoms with van der Waals surface area (Å²) in [5, 5.41) is 26.1. The van der Waals surface area contributed by atoms with Crippen LogP contribution in [-0.2, 0) is 10.8 Å². The van der Waals surface area contributed by atoms with Crippen molar-refractivity contribution in [2.24, 2.45) is 0 Å². The number of benzene rings is 2. The van der Waals surface area contributed by atoms with Crippen LogP contribution < -0.4 is 5.32 Å². The molecule has 1 atom stereocenters. The number of phenols is 1. The molecule has 0 heterocycles. The molecule has 0 fully saturated rings. The van der Waals surface area contributed by atoms with E-state index in [9.17, 15) is 10.3 Å². The van der Waals surface area contributed by atoms with Crippen molar-refractivity contribution in [2.45, 2.75) is 58.4 Å². The van der Waals surface area contributed by atoms with E-state index < -0.39 is 6.04 Å². The van der Waals surface area contributed by atoms with Crippen molar-refractivity contribution in [3.63, 3.8) is 0 Å². The lowest BCUT2D eigenvalue weighted by Crippen LogP contribution is -2.38. The molecule has 0 aliphatic rings. The topological polar surface area (TPSA) is 55.7 Å². The van der Waals surface area contributed by atoms with E-state index in [0.717, 1.165) is 27.3 Å². The van der Waals surface area contributed by atoms with E-state index in [1.165, 1.54) is 0 Å². The van der Waals surface area contributed by atoms with Crippen molar-refractivity contribution < 1.29 is 10.3 Å². The fraction of sp³-hybridized carbons (Fsp3) is 0.435. The van der Waals surface area contributed by atoms with E-state index in [0.29, 0.717) is 5.75 Å². The summed E-state index contributed by atoms with van der Waals surface area (Å²) in [5.41, 5.74) is 2.96. The molecule has 4 nitrogen and oxygen atoms in total. The highest BCUT2D eigenvalue weighted by Crippen LogP contribution is 2.42. The van der Waals surface area contributed by atoms with Crippen LogP contribution in [0, 0.1) is 0 Å². The van der Waals surface area contributed by atoms with Crippen LogP contribution in [0.25, 0.3) is 0 Å². The summed E-state index contributed by atoms with van der Waals surface area (Å²) in [7, 11) is 1.69. The summed E-state index contributed by atoms with van der Waals surface area (Å²) in [6.07, 6.45) is 0. The Hall–Kier alpha value is -2.11. The van der Waals surface area contributed by atoms with E-state index >= 15 is 0 Å². The van der Waals surface area contributed by atoms with Gasteiger partial charge in [0.2, 0.25) is 0 Å². The molecule has 0 bridgehead atoms. The van der Waals surface area contributed by atoms with E-state index in [1.807, 2.05) is 42.5 Å². The molecular formula is C23H32N2O2S. The number of hydrogen-bond acceptors (Lipinski definition) is 3. The highest BCUT2D eigenvalue weighted by Gasteiger charge is 2.31. The monoisotopic (exact) mass is 400 g/mol. The molecule has 0 aliphatic heterocycles. The maximum atomic E-state index is 11.0. The minimum Gasteiger partial charge on any atom is -0.507 e. The number of phenolic OH excluding ortho intramolecular Hbond substituents is 1. The van der Waals surface area contributed by atoms with Gasteiger partial charge in [-0.3, -0.25) is 5.21 Å². The van der Waals surface area contributed by atoms with Gasteiger partial charge in [0, 0.05) is 7.05 Å². The summed E-state index contributed by atoms with van der Waals surface area (Å²) in [4.78, 5) is 0. The first-order valence-electron chi connectivity index (χ1n) is 9.50. The van der Waals surface area contributed by atoms with Gasteiger partial charge >= 0.3 is 0 Å². The van der Waals surface area contributed by atoms with Crippen LogP contribution in [0.4, 0.5) is 0 Å². The van der Waals surface area contributed by atoms with Crippen LogP contribution >= 0.6 is 12.2 Å². The standard InChI is InChI=1S/C23H32N2O2S/c1-22(2,3)17-13-16(14-18(20(17)26)23(4,5)6)19(25(27)21(28)24-7)15-11-9-8-10-12-15/h8-14,19,26-27H,1-7H3,(H,24,28). The first-order valence-corrected chi connectivity index (χ1v) is 9.91. The number of nitrogens with one attached hydrogen (secondary N) is 1. The second-order valence-electron chi connectivity index (χ2n) is 9.18. The van der Waals surface area contributed by atoms with Crippen molar-refractivity contribution in [3.8, 4) is 5.75 Å². The normalized spacial score (nSPS) is 13.1. The largest absolute Gasteiger partial charge is 0.507 e. The molecule has 0 amide bonds.